The second kappa shape index (κ2) is 12.9. The van der Waals surface area contributed by atoms with Crippen LogP contribution >= 0.6 is 11.6 Å². The Bertz CT molecular complexity index is 1350. The van der Waals surface area contributed by atoms with Gasteiger partial charge in [-0.05, 0) is 49.6 Å². The Hall–Kier alpha value is -3.36. The van der Waals surface area contributed by atoms with Gasteiger partial charge in [0.2, 0.25) is 21.8 Å². The average Bonchev–Trinajstić information content (AvgIpc) is 2.86. The number of hydrogen-bond donors (Lipinski definition) is 1. The second-order valence-corrected chi connectivity index (χ2v) is 11.9. The fourth-order valence-corrected chi connectivity index (χ4v) is 5.23. The summed E-state index contributed by atoms with van der Waals surface area (Å²) in [6, 6.07) is 22.7. The zero-order valence-electron chi connectivity index (χ0n) is 22.1. The first kappa shape index (κ1) is 29.2. The third-order valence-corrected chi connectivity index (χ3v) is 7.38. The largest absolute Gasteiger partial charge is 0.352 e. The van der Waals surface area contributed by atoms with E-state index in [9.17, 15) is 18.0 Å². The number of amides is 2. The van der Waals surface area contributed by atoms with Gasteiger partial charge in [-0.1, -0.05) is 78.3 Å². The quantitative estimate of drug-likeness (QED) is 0.375. The third-order valence-electron chi connectivity index (χ3n) is 6.02. The number of anilines is 1. The van der Waals surface area contributed by atoms with E-state index in [0.717, 1.165) is 21.7 Å². The van der Waals surface area contributed by atoms with E-state index in [-0.39, 0.29) is 24.9 Å². The van der Waals surface area contributed by atoms with Crippen molar-refractivity contribution in [1.29, 1.82) is 0 Å². The Balaban J connectivity index is 2.06. The van der Waals surface area contributed by atoms with Gasteiger partial charge in [0.15, 0.2) is 0 Å². The molecule has 0 fully saturated rings. The zero-order valence-corrected chi connectivity index (χ0v) is 23.7. The van der Waals surface area contributed by atoms with Gasteiger partial charge in [-0.3, -0.25) is 13.9 Å². The molecule has 3 aromatic carbocycles. The van der Waals surface area contributed by atoms with Gasteiger partial charge in [0.25, 0.3) is 0 Å². The number of nitrogens with one attached hydrogen (secondary N) is 1. The van der Waals surface area contributed by atoms with Crippen LogP contribution < -0.4 is 9.62 Å². The van der Waals surface area contributed by atoms with Crippen molar-refractivity contribution in [2.24, 2.45) is 0 Å². The molecular weight excluding hydrogens is 522 g/mol. The number of carbonyl (C=O) groups excluding carboxylic acids is 2. The number of halogens is 1. The lowest BCUT2D eigenvalue weighted by Crippen LogP contribution is -2.54. The fraction of sp³-hybridized carbons (Fsp3) is 0.310. The van der Waals surface area contributed by atoms with Gasteiger partial charge >= 0.3 is 0 Å². The average molecular weight is 556 g/mol. The smallest absolute Gasteiger partial charge is 0.244 e. The SMILES string of the molecule is Cc1ccc(Cl)cc1N(CC(=O)N(Cc1ccccc1)[C@@H](Cc1ccccc1)C(=O)NC(C)C)S(C)(=O)=O. The van der Waals surface area contributed by atoms with Gasteiger partial charge < -0.3 is 10.2 Å². The highest BCUT2D eigenvalue weighted by atomic mass is 35.5. The molecule has 0 saturated heterocycles. The van der Waals surface area contributed by atoms with Crippen LogP contribution in [0.15, 0.2) is 78.9 Å². The molecule has 0 radical (unpaired) electrons. The van der Waals surface area contributed by atoms with Crippen LogP contribution in [0.1, 0.15) is 30.5 Å². The normalized spacial score (nSPS) is 12.2. The van der Waals surface area contributed by atoms with Crippen molar-refractivity contribution in [3.8, 4) is 0 Å². The van der Waals surface area contributed by atoms with E-state index in [4.69, 9.17) is 11.6 Å². The van der Waals surface area contributed by atoms with Gasteiger partial charge in [-0.25, -0.2) is 8.42 Å². The molecule has 0 aromatic heterocycles. The number of benzene rings is 3. The van der Waals surface area contributed by atoms with Crippen LogP contribution in [0.25, 0.3) is 0 Å². The maximum Gasteiger partial charge on any atom is 0.244 e. The van der Waals surface area contributed by atoms with Gasteiger partial charge in [0.05, 0.1) is 11.9 Å². The summed E-state index contributed by atoms with van der Waals surface area (Å²) >= 11 is 6.18. The van der Waals surface area contributed by atoms with Crippen molar-refractivity contribution in [2.45, 2.75) is 45.8 Å². The number of hydrogen-bond acceptors (Lipinski definition) is 4. The van der Waals surface area contributed by atoms with E-state index in [1.165, 1.54) is 11.0 Å². The van der Waals surface area contributed by atoms with Crippen molar-refractivity contribution >= 4 is 39.1 Å². The molecular formula is C29H34ClN3O4S. The first-order valence-corrected chi connectivity index (χ1v) is 14.6. The summed E-state index contributed by atoms with van der Waals surface area (Å²) in [6.45, 7) is 5.12. The van der Waals surface area contributed by atoms with E-state index in [2.05, 4.69) is 5.32 Å². The number of rotatable bonds is 11. The van der Waals surface area contributed by atoms with Crippen molar-refractivity contribution in [1.82, 2.24) is 10.2 Å². The highest BCUT2D eigenvalue weighted by Gasteiger charge is 2.33. The van der Waals surface area contributed by atoms with Crippen molar-refractivity contribution in [3.05, 3.63) is 101 Å². The fourth-order valence-electron chi connectivity index (χ4n) is 4.16. The Labute approximate surface area is 230 Å². The Kier molecular flexibility index (Phi) is 9.94. The minimum absolute atomic E-state index is 0.134. The van der Waals surface area contributed by atoms with E-state index in [1.807, 2.05) is 74.5 Å². The molecule has 0 saturated carbocycles. The highest BCUT2D eigenvalue weighted by Crippen LogP contribution is 2.27. The molecule has 2 amide bonds. The van der Waals surface area contributed by atoms with E-state index < -0.39 is 28.5 Å². The summed E-state index contributed by atoms with van der Waals surface area (Å²) in [6.07, 6.45) is 1.32. The number of sulfonamides is 1. The lowest BCUT2D eigenvalue weighted by Gasteiger charge is -2.34. The topological polar surface area (TPSA) is 86.8 Å². The van der Waals surface area contributed by atoms with Gasteiger partial charge in [0.1, 0.15) is 12.6 Å². The molecule has 0 bridgehead atoms. The van der Waals surface area contributed by atoms with Gasteiger partial charge in [-0.15, -0.1) is 0 Å². The summed E-state index contributed by atoms with van der Waals surface area (Å²) in [5.74, 6) is -0.809. The van der Waals surface area contributed by atoms with E-state index >= 15 is 0 Å². The third kappa shape index (κ3) is 8.07. The van der Waals surface area contributed by atoms with Crippen LogP contribution in [0.5, 0.6) is 0 Å². The van der Waals surface area contributed by atoms with Crippen molar-refractivity contribution in [3.63, 3.8) is 0 Å². The molecule has 1 atom stereocenters. The lowest BCUT2D eigenvalue weighted by molar-refractivity contribution is -0.140. The maximum atomic E-state index is 14.0. The molecule has 0 aliphatic rings. The van der Waals surface area contributed by atoms with Crippen LogP contribution in [0, 0.1) is 6.92 Å². The number of nitrogens with zero attached hydrogens (tertiary/aromatic N) is 2. The van der Waals surface area contributed by atoms with Crippen LogP contribution in [-0.4, -0.2) is 50.0 Å². The summed E-state index contributed by atoms with van der Waals surface area (Å²) in [7, 11) is -3.86. The summed E-state index contributed by atoms with van der Waals surface area (Å²) in [4.78, 5) is 29.0. The molecule has 9 heteroatoms. The molecule has 0 heterocycles. The van der Waals surface area contributed by atoms with Gasteiger partial charge in [0, 0.05) is 24.0 Å². The molecule has 3 aromatic rings. The Morgan fingerprint density at radius 3 is 2.05 bits per heavy atom. The van der Waals surface area contributed by atoms with Crippen molar-refractivity contribution < 1.29 is 18.0 Å². The molecule has 0 unspecified atom stereocenters. The molecule has 202 valence electrons. The minimum Gasteiger partial charge on any atom is -0.352 e. The van der Waals surface area contributed by atoms with Crippen LogP contribution in [0.2, 0.25) is 5.02 Å². The number of carbonyl (C=O) groups is 2. The minimum atomic E-state index is -3.86. The summed E-state index contributed by atoms with van der Waals surface area (Å²) in [5, 5.41) is 3.29. The highest BCUT2D eigenvalue weighted by molar-refractivity contribution is 7.92. The first-order chi connectivity index (χ1) is 18.0. The predicted octanol–water partition coefficient (Wildman–Crippen LogP) is 4.58. The number of aryl methyl sites for hydroxylation is 1. The van der Waals surface area contributed by atoms with Crippen LogP contribution in [0.4, 0.5) is 5.69 Å². The van der Waals surface area contributed by atoms with Crippen LogP contribution in [-0.2, 0) is 32.6 Å². The first-order valence-electron chi connectivity index (χ1n) is 12.4. The van der Waals surface area contributed by atoms with E-state index in [1.54, 1.807) is 19.1 Å². The summed E-state index contributed by atoms with van der Waals surface area (Å²) < 4.78 is 26.8. The molecule has 0 spiro atoms. The Morgan fingerprint density at radius 1 is 0.921 bits per heavy atom. The van der Waals surface area contributed by atoms with Gasteiger partial charge in [-0.2, -0.15) is 0 Å². The summed E-state index contributed by atoms with van der Waals surface area (Å²) in [5.41, 5.74) is 2.67. The predicted molar refractivity (Wildman–Crippen MR) is 153 cm³/mol. The molecule has 38 heavy (non-hydrogen) atoms. The standard InChI is InChI=1S/C29H34ClN3O4S/c1-21(2)31-29(35)27(17-23-11-7-5-8-12-23)32(19-24-13-9-6-10-14-24)28(34)20-33(38(4,36)37)26-18-25(30)16-15-22(26)3/h5-16,18,21,27H,17,19-20H2,1-4H3,(H,31,35)/t27-/m0/s1. The second-order valence-electron chi connectivity index (χ2n) is 9.58. The lowest BCUT2D eigenvalue weighted by atomic mass is 10.0. The molecule has 1 N–H and O–H groups in total. The van der Waals surface area contributed by atoms with Crippen molar-refractivity contribution in [2.75, 3.05) is 17.1 Å². The zero-order chi connectivity index (χ0) is 27.9. The Morgan fingerprint density at radius 2 is 1.50 bits per heavy atom. The van der Waals surface area contributed by atoms with Crippen LogP contribution in [0.3, 0.4) is 0 Å². The molecule has 7 nitrogen and oxygen atoms in total. The van der Waals surface area contributed by atoms with E-state index in [0.29, 0.717) is 16.3 Å². The molecule has 0 aliphatic heterocycles. The molecule has 0 aliphatic carbocycles. The molecule has 3 rings (SSSR count). The monoisotopic (exact) mass is 555 g/mol. The maximum absolute atomic E-state index is 14.0.